The van der Waals surface area contributed by atoms with Gasteiger partial charge in [-0.15, -0.1) is 20.5 Å². The first-order valence-corrected chi connectivity index (χ1v) is 8.72. The zero-order valence-electron chi connectivity index (χ0n) is 13.6. The molecule has 2 aromatic heterocycles. The fraction of sp³-hybridized carbons (Fsp3) is 0.167. The molecular weight excluding hydrogens is 463 g/mol. The van der Waals surface area contributed by atoms with Crippen LogP contribution >= 0.6 is 0 Å². The Kier molecular flexibility index (Phi) is 28.6. The van der Waals surface area contributed by atoms with Crippen molar-refractivity contribution in [3.8, 4) is 0 Å². The molecular formula is C12H18Cl2CuN4O8. The summed E-state index contributed by atoms with van der Waals surface area (Å²) in [5.41, 5.74) is 9.81. The quantitative estimate of drug-likeness (QED) is 0.360. The fourth-order valence-electron chi connectivity index (χ4n) is 0.625. The largest absolute Gasteiger partial charge is 2.00 e. The molecule has 0 aliphatic carbocycles. The molecule has 2 rings (SSSR count). The third-order valence-corrected chi connectivity index (χ3v) is 1.30. The molecule has 0 bridgehead atoms. The second-order valence-electron chi connectivity index (χ2n) is 3.38. The summed E-state index contributed by atoms with van der Waals surface area (Å²) in [5.74, 6) is 0. The van der Waals surface area contributed by atoms with Crippen molar-refractivity contribution in [3.63, 3.8) is 0 Å². The van der Waals surface area contributed by atoms with E-state index in [-0.39, 0.29) is 17.1 Å². The van der Waals surface area contributed by atoms with Gasteiger partial charge in [0.1, 0.15) is 0 Å². The molecule has 0 fully saturated rings. The van der Waals surface area contributed by atoms with E-state index in [1.54, 1.807) is 24.8 Å². The third-order valence-electron chi connectivity index (χ3n) is 1.30. The Labute approximate surface area is 170 Å². The van der Waals surface area contributed by atoms with E-state index in [1.807, 2.05) is 36.4 Å². The summed E-state index contributed by atoms with van der Waals surface area (Å²) < 4.78 is 67.9. The van der Waals surface area contributed by atoms with Crippen LogP contribution in [0.1, 0.15) is 0 Å². The predicted molar refractivity (Wildman–Crippen MR) is 66.6 cm³/mol. The second kappa shape index (κ2) is 23.0. The topological polar surface area (TPSA) is 262 Å². The molecule has 0 unspecified atom stereocenters. The zero-order chi connectivity index (χ0) is 20.9. The maximum atomic E-state index is 8.49. The molecule has 4 N–H and O–H groups in total. The third kappa shape index (κ3) is 91.8. The first-order valence-electron chi connectivity index (χ1n) is 6.25. The molecule has 0 saturated carbocycles. The molecule has 0 atom stereocenters. The van der Waals surface area contributed by atoms with Crippen molar-refractivity contribution in [2.45, 2.75) is 0 Å². The summed E-state index contributed by atoms with van der Waals surface area (Å²) in [6.07, 6.45) is 7.00. The number of nitrogens with zero attached hydrogens (tertiary/aromatic N) is 2. The van der Waals surface area contributed by atoms with Crippen molar-refractivity contribution in [2.75, 3.05) is 13.1 Å². The van der Waals surface area contributed by atoms with E-state index in [4.69, 9.17) is 48.7 Å². The zero-order valence-corrected chi connectivity index (χ0v) is 16.0. The summed E-state index contributed by atoms with van der Waals surface area (Å²) in [6.45, 7) is 1.19. The molecule has 2 aromatic rings. The Balaban J connectivity index is -0.000000123. The first kappa shape index (κ1) is 33.6. The smallest absolute Gasteiger partial charge is 0.329 e. The molecule has 0 aliphatic heterocycles. The molecule has 2 heterocycles. The molecule has 12 nitrogen and oxygen atoms in total. The van der Waals surface area contributed by atoms with Crippen LogP contribution in [0.5, 0.6) is 0 Å². The maximum Gasteiger partial charge on any atom is 2.00 e. The van der Waals surface area contributed by atoms with Crippen LogP contribution in [-0.4, -0.2) is 23.1 Å². The second-order valence-corrected chi connectivity index (χ2v) is 4.89. The van der Waals surface area contributed by atoms with Crippen molar-refractivity contribution in [3.05, 3.63) is 61.2 Å². The minimum atomic E-state index is -4.94. The molecule has 0 spiro atoms. The van der Waals surface area contributed by atoms with Crippen LogP contribution in [0.3, 0.4) is 0 Å². The van der Waals surface area contributed by atoms with E-state index < -0.39 is 20.5 Å². The van der Waals surface area contributed by atoms with E-state index in [9.17, 15) is 0 Å². The van der Waals surface area contributed by atoms with Crippen molar-refractivity contribution in [2.24, 2.45) is 11.5 Å². The van der Waals surface area contributed by atoms with E-state index in [1.165, 1.54) is 0 Å². The monoisotopic (exact) mass is 479 g/mol. The number of hydrogen-bond donors (Lipinski definition) is 2. The van der Waals surface area contributed by atoms with Gasteiger partial charge in [-0.25, -0.2) is 37.3 Å². The number of pyridine rings is 2. The average Bonchev–Trinajstić information content (AvgIpc) is 2.56. The van der Waals surface area contributed by atoms with Gasteiger partial charge in [0.25, 0.3) is 0 Å². The van der Waals surface area contributed by atoms with E-state index in [0.717, 1.165) is 0 Å². The van der Waals surface area contributed by atoms with E-state index in [2.05, 4.69) is 9.97 Å². The Morgan fingerprint density at radius 1 is 0.519 bits per heavy atom. The van der Waals surface area contributed by atoms with Gasteiger partial charge in [-0.2, -0.15) is 0 Å². The molecule has 1 radical (unpaired) electrons. The molecule has 0 amide bonds. The number of nitrogens with two attached hydrogens (primary N) is 2. The van der Waals surface area contributed by atoms with Crippen molar-refractivity contribution in [1.29, 1.82) is 0 Å². The predicted octanol–water partition coefficient (Wildman–Crippen LogP) is -8.45. The fourth-order valence-corrected chi connectivity index (χ4v) is 0.625. The van der Waals surface area contributed by atoms with Crippen LogP contribution in [0.25, 0.3) is 0 Å². The molecule has 27 heavy (non-hydrogen) atoms. The summed E-state index contributed by atoms with van der Waals surface area (Å²) in [4.78, 5) is 7.57. The Bertz CT molecular complexity index is 369. The van der Waals surface area contributed by atoms with Gasteiger partial charge in [-0.1, -0.05) is 12.1 Å². The van der Waals surface area contributed by atoms with Gasteiger partial charge in [0, 0.05) is 37.9 Å². The molecule has 0 aromatic carbocycles. The van der Waals surface area contributed by atoms with Gasteiger partial charge in [-0.05, 0) is 24.3 Å². The first-order chi connectivity index (χ1) is 11.9. The summed E-state index contributed by atoms with van der Waals surface area (Å²) in [5, 5.41) is 0. The van der Waals surface area contributed by atoms with Crippen LogP contribution in [0.2, 0.25) is 0 Å². The van der Waals surface area contributed by atoms with Gasteiger partial charge < -0.3 is 11.5 Å². The van der Waals surface area contributed by atoms with Crippen LogP contribution in [0.15, 0.2) is 61.2 Å². The minimum Gasteiger partial charge on any atom is -0.329 e. The van der Waals surface area contributed by atoms with E-state index in [0.29, 0.717) is 13.1 Å². The van der Waals surface area contributed by atoms with Gasteiger partial charge in [0.15, 0.2) is 0 Å². The standard InChI is InChI=1S/2C5H5N.C2H8N2.2ClHO4.Cu/c2*1-2-4-6-5-3-1;3-1-2-4;2*2-1(3,4)5;/h2*1-5H;1-4H2;2*(H,2,3,4,5);/q;;;;;+2/p-2. The Morgan fingerprint density at radius 2 is 0.704 bits per heavy atom. The van der Waals surface area contributed by atoms with Gasteiger partial charge in [0.2, 0.25) is 0 Å². The Hall–Kier alpha value is -1.00. The molecule has 159 valence electrons. The van der Waals surface area contributed by atoms with Crippen LogP contribution in [0, 0.1) is 20.5 Å². The summed E-state index contributed by atoms with van der Waals surface area (Å²) >= 11 is 0. The molecule has 0 saturated heterocycles. The SMILES string of the molecule is NCCN.[Cu+2].[O-][Cl+3]([O-])([O-])[O-].[O-][Cl+3]([O-])([O-])[O-].c1ccncc1.c1ccncc1. The number of aromatic nitrogens is 2. The maximum absolute atomic E-state index is 8.49. The number of halogens is 2. The Morgan fingerprint density at radius 3 is 0.741 bits per heavy atom. The van der Waals surface area contributed by atoms with E-state index >= 15 is 0 Å². The normalized spacial score (nSPS) is 9.11. The molecule has 15 heteroatoms. The minimum absolute atomic E-state index is 0. The van der Waals surface area contributed by atoms with Gasteiger partial charge in [0.05, 0.1) is 0 Å². The summed E-state index contributed by atoms with van der Waals surface area (Å²) in [7, 11) is -9.89. The van der Waals surface area contributed by atoms with Crippen LogP contribution < -0.4 is 48.7 Å². The van der Waals surface area contributed by atoms with Crippen molar-refractivity contribution < 1.29 is 74.8 Å². The average molecular weight is 481 g/mol. The van der Waals surface area contributed by atoms with Crippen LogP contribution in [0.4, 0.5) is 0 Å². The van der Waals surface area contributed by atoms with Crippen molar-refractivity contribution in [1.82, 2.24) is 9.97 Å². The van der Waals surface area contributed by atoms with Crippen molar-refractivity contribution >= 4 is 0 Å². The summed E-state index contributed by atoms with van der Waals surface area (Å²) in [6, 6.07) is 11.4. The number of hydrogen-bond acceptors (Lipinski definition) is 12. The van der Waals surface area contributed by atoms with Gasteiger partial charge in [-0.3, -0.25) is 9.97 Å². The van der Waals surface area contributed by atoms with Gasteiger partial charge >= 0.3 is 17.1 Å². The molecule has 0 aliphatic rings. The van der Waals surface area contributed by atoms with Crippen LogP contribution in [-0.2, 0) is 17.1 Å². The number of rotatable bonds is 1.